The van der Waals surface area contributed by atoms with E-state index in [0.717, 1.165) is 5.56 Å². The van der Waals surface area contributed by atoms with Gasteiger partial charge in [0.25, 0.3) is 0 Å². The molecule has 1 atom stereocenters. The van der Waals surface area contributed by atoms with E-state index in [1.165, 1.54) is 0 Å². The van der Waals surface area contributed by atoms with Crippen molar-refractivity contribution in [3.05, 3.63) is 30.1 Å². The maximum Gasteiger partial charge on any atom is 0.305 e. The van der Waals surface area contributed by atoms with E-state index in [1.54, 1.807) is 12.4 Å². The predicted molar refractivity (Wildman–Crippen MR) is 67.0 cm³/mol. The van der Waals surface area contributed by atoms with Crippen LogP contribution in [0, 0.1) is 0 Å². The van der Waals surface area contributed by atoms with Gasteiger partial charge in [0.1, 0.15) is 0 Å². The number of hydrogen-bond acceptors (Lipinski definition) is 3. The standard InChI is InChI=1S/C13H18N2O3/c1-2-11(9-13(17)18)15-12(16)4-3-10-5-7-14-8-6-10/h5-8,11H,2-4,9H2,1H3,(H,15,16)(H,17,18). The van der Waals surface area contributed by atoms with E-state index in [4.69, 9.17) is 5.11 Å². The molecule has 1 aromatic rings. The second-order valence-electron chi connectivity index (χ2n) is 4.13. The van der Waals surface area contributed by atoms with Crippen LogP contribution in [0.1, 0.15) is 31.7 Å². The smallest absolute Gasteiger partial charge is 0.305 e. The van der Waals surface area contributed by atoms with Gasteiger partial charge in [0, 0.05) is 24.9 Å². The molecule has 0 radical (unpaired) electrons. The van der Waals surface area contributed by atoms with Gasteiger partial charge in [-0.05, 0) is 30.5 Å². The molecule has 1 amide bonds. The molecule has 5 nitrogen and oxygen atoms in total. The summed E-state index contributed by atoms with van der Waals surface area (Å²) in [6.07, 6.45) is 4.96. The monoisotopic (exact) mass is 250 g/mol. The highest BCUT2D eigenvalue weighted by molar-refractivity contribution is 5.77. The molecule has 0 aliphatic rings. The molecule has 98 valence electrons. The van der Waals surface area contributed by atoms with Crippen molar-refractivity contribution in [2.75, 3.05) is 0 Å². The van der Waals surface area contributed by atoms with Gasteiger partial charge < -0.3 is 10.4 Å². The van der Waals surface area contributed by atoms with Crippen LogP contribution in [0.15, 0.2) is 24.5 Å². The molecular weight excluding hydrogens is 232 g/mol. The Bertz CT molecular complexity index is 392. The highest BCUT2D eigenvalue weighted by Gasteiger charge is 2.13. The van der Waals surface area contributed by atoms with Crippen molar-refractivity contribution in [3.8, 4) is 0 Å². The van der Waals surface area contributed by atoms with Crippen molar-refractivity contribution in [2.45, 2.75) is 38.6 Å². The average molecular weight is 250 g/mol. The van der Waals surface area contributed by atoms with E-state index in [0.29, 0.717) is 19.3 Å². The maximum atomic E-state index is 11.6. The molecule has 0 saturated heterocycles. The molecule has 0 bridgehead atoms. The van der Waals surface area contributed by atoms with E-state index in [1.807, 2.05) is 19.1 Å². The highest BCUT2D eigenvalue weighted by atomic mass is 16.4. The van der Waals surface area contributed by atoms with Crippen molar-refractivity contribution in [3.63, 3.8) is 0 Å². The summed E-state index contributed by atoms with van der Waals surface area (Å²) < 4.78 is 0. The molecule has 0 fully saturated rings. The fourth-order valence-electron chi connectivity index (χ4n) is 1.62. The third-order valence-electron chi connectivity index (χ3n) is 2.67. The molecule has 1 unspecified atom stereocenters. The van der Waals surface area contributed by atoms with Gasteiger partial charge in [-0.25, -0.2) is 0 Å². The number of carboxylic acids is 1. The normalized spacial score (nSPS) is 11.8. The zero-order valence-electron chi connectivity index (χ0n) is 10.4. The lowest BCUT2D eigenvalue weighted by atomic mass is 10.1. The number of hydrogen-bond donors (Lipinski definition) is 2. The summed E-state index contributed by atoms with van der Waals surface area (Å²) in [5, 5.41) is 11.4. The van der Waals surface area contributed by atoms with Crippen LogP contribution in [0.5, 0.6) is 0 Å². The van der Waals surface area contributed by atoms with E-state index in [9.17, 15) is 9.59 Å². The van der Waals surface area contributed by atoms with E-state index < -0.39 is 5.97 Å². The molecule has 0 aliphatic carbocycles. The number of amides is 1. The molecular formula is C13H18N2O3. The zero-order chi connectivity index (χ0) is 13.4. The van der Waals surface area contributed by atoms with Gasteiger partial charge in [-0.3, -0.25) is 14.6 Å². The summed E-state index contributed by atoms with van der Waals surface area (Å²) in [4.78, 5) is 26.1. The molecule has 0 saturated carbocycles. The van der Waals surface area contributed by atoms with Gasteiger partial charge >= 0.3 is 5.97 Å². The summed E-state index contributed by atoms with van der Waals surface area (Å²) in [5.74, 6) is -1.00. The first-order valence-corrected chi connectivity index (χ1v) is 6.02. The lowest BCUT2D eigenvalue weighted by Gasteiger charge is -2.14. The van der Waals surface area contributed by atoms with Crippen molar-refractivity contribution >= 4 is 11.9 Å². The minimum atomic E-state index is -0.892. The number of carboxylic acid groups (broad SMARTS) is 1. The first-order chi connectivity index (χ1) is 8.61. The molecule has 5 heteroatoms. The molecule has 0 spiro atoms. The quantitative estimate of drug-likeness (QED) is 0.766. The van der Waals surface area contributed by atoms with Gasteiger partial charge in [0.15, 0.2) is 0 Å². The van der Waals surface area contributed by atoms with Gasteiger partial charge in [0.05, 0.1) is 6.42 Å². The Kier molecular flexibility index (Phi) is 5.84. The topological polar surface area (TPSA) is 79.3 Å². The molecule has 1 rings (SSSR count). The van der Waals surface area contributed by atoms with Crippen LogP contribution in [0.25, 0.3) is 0 Å². The second kappa shape index (κ2) is 7.42. The number of carbonyl (C=O) groups is 2. The Balaban J connectivity index is 2.34. The summed E-state index contributed by atoms with van der Waals surface area (Å²) in [5.41, 5.74) is 1.05. The van der Waals surface area contributed by atoms with Crippen LogP contribution >= 0.6 is 0 Å². The van der Waals surface area contributed by atoms with Gasteiger partial charge in [-0.15, -0.1) is 0 Å². The number of rotatable bonds is 7. The minimum absolute atomic E-state index is 0.0303. The number of pyridine rings is 1. The Morgan fingerprint density at radius 3 is 2.61 bits per heavy atom. The van der Waals surface area contributed by atoms with Crippen LogP contribution < -0.4 is 5.32 Å². The van der Waals surface area contributed by atoms with E-state index >= 15 is 0 Å². The van der Waals surface area contributed by atoms with Crippen molar-refractivity contribution < 1.29 is 14.7 Å². The SMILES string of the molecule is CCC(CC(=O)O)NC(=O)CCc1ccncc1. The van der Waals surface area contributed by atoms with Crippen LogP contribution in [0.2, 0.25) is 0 Å². The molecule has 1 heterocycles. The number of aromatic nitrogens is 1. The lowest BCUT2D eigenvalue weighted by Crippen LogP contribution is -2.36. The second-order valence-corrected chi connectivity index (χ2v) is 4.13. The fraction of sp³-hybridized carbons (Fsp3) is 0.462. The highest BCUT2D eigenvalue weighted by Crippen LogP contribution is 2.03. The van der Waals surface area contributed by atoms with Crippen LogP contribution in [-0.4, -0.2) is 28.0 Å². The van der Waals surface area contributed by atoms with Gasteiger partial charge in [0.2, 0.25) is 5.91 Å². The number of aliphatic carboxylic acids is 1. The van der Waals surface area contributed by atoms with E-state index in [2.05, 4.69) is 10.3 Å². The van der Waals surface area contributed by atoms with Crippen LogP contribution in [0.4, 0.5) is 0 Å². The fourth-order valence-corrected chi connectivity index (χ4v) is 1.62. The van der Waals surface area contributed by atoms with Crippen molar-refractivity contribution in [2.24, 2.45) is 0 Å². The number of nitrogens with zero attached hydrogens (tertiary/aromatic N) is 1. The predicted octanol–water partition coefficient (Wildman–Crippen LogP) is 1.38. The Hall–Kier alpha value is -1.91. The third kappa shape index (κ3) is 5.43. The summed E-state index contributed by atoms with van der Waals surface area (Å²) in [6, 6.07) is 3.44. The Morgan fingerprint density at radius 2 is 2.06 bits per heavy atom. The third-order valence-corrected chi connectivity index (χ3v) is 2.67. The maximum absolute atomic E-state index is 11.6. The number of carbonyl (C=O) groups excluding carboxylic acids is 1. The molecule has 0 aromatic carbocycles. The lowest BCUT2D eigenvalue weighted by molar-refractivity contribution is -0.137. The van der Waals surface area contributed by atoms with Crippen LogP contribution in [-0.2, 0) is 16.0 Å². The first-order valence-electron chi connectivity index (χ1n) is 6.02. The zero-order valence-corrected chi connectivity index (χ0v) is 10.4. The molecule has 2 N–H and O–H groups in total. The van der Waals surface area contributed by atoms with Gasteiger partial charge in [-0.1, -0.05) is 6.92 Å². The first kappa shape index (κ1) is 14.2. The minimum Gasteiger partial charge on any atom is -0.481 e. The summed E-state index contributed by atoms with van der Waals surface area (Å²) in [6.45, 7) is 1.86. The summed E-state index contributed by atoms with van der Waals surface area (Å²) in [7, 11) is 0. The molecule has 1 aromatic heterocycles. The van der Waals surface area contributed by atoms with Crippen molar-refractivity contribution in [1.82, 2.24) is 10.3 Å². The molecule has 0 aliphatic heterocycles. The Morgan fingerprint density at radius 1 is 1.39 bits per heavy atom. The number of nitrogens with one attached hydrogen (secondary N) is 1. The largest absolute Gasteiger partial charge is 0.481 e. The van der Waals surface area contributed by atoms with Crippen LogP contribution in [0.3, 0.4) is 0 Å². The molecule has 18 heavy (non-hydrogen) atoms. The average Bonchev–Trinajstić information content (AvgIpc) is 2.36. The number of aryl methyl sites for hydroxylation is 1. The Labute approximate surface area is 106 Å². The van der Waals surface area contributed by atoms with Crippen molar-refractivity contribution in [1.29, 1.82) is 0 Å². The summed E-state index contributed by atoms with van der Waals surface area (Å²) >= 11 is 0. The van der Waals surface area contributed by atoms with E-state index in [-0.39, 0.29) is 18.4 Å². The van der Waals surface area contributed by atoms with Gasteiger partial charge in [-0.2, -0.15) is 0 Å².